The third-order valence-electron chi connectivity index (χ3n) is 3.32. The summed E-state index contributed by atoms with van der Waals surface area (Å²) in [5.74, 6) is 0.250. The minimum atomic E-state index is -2.72. The maximum atomic E-state index is 12.4. The summed E-state index contributed by atoms with van der Waals surface area (Å²) in [7, 11) is -2.72. The van der Waals surface area contributed by atoms with Crippen LogP contribution in [0.15, 0.2) is 48.5 Å². The number of rotatable bonds is 4. The summed E-state index contributed by atoms with van der Waals surface area (Å²) in [6, 6.07) is 14.3. The van der Waals surface area contributed by atoms with Gasteiger partial charge in [0.25, 0.3) is 7.44 Å². The molecule has 21 heavy (non-hydrogen) atoms. The molecule has 2 aromatic carbocycles. The van der Waals surface area contributed by atoms with Gasteiger partial charge in [-0.15, -0.1) is 11.6 Å². The van der Waals surface area contributed by atoms with Gasteiger partial charge in [-0.3, -0.25) is 9.36 Å². The van der Waals surface area contributed by atoms with Crippen molar-refractivity contribution in [1.29, 1.82) is 0 Å². The lowest BCUT2D eigenvalue weighted by atomic mass is 10.0. The molecule has 1 aliphatic heterocycles. The van der Waals surface area contributed by atoms with Crippen LogP contribution in [-0.2, 0) is 4.57 Å². The minimum absolute atomic E-state index is 0.0562. The predicted molar refractivity (Wildman–Crippen MR) is 86.8 cm³/mol. The van der Waals surface area contributed by atoms with Crippen molar-refractivity contribution in [2.24, 2.45) is 0 Å². The molecule has 4 nitrogen and oxygen atoms in total. The van der Waals surface area contributed by atoms with E-state index >= 15 is 0 Å². The number of nitrogens with one attached hydrogen (secondary N) is 2. The molecule has 0 amide bonds. The fraction of sp³-hybridized carbons (Fsp3) is 0.133. The summed E-state index contributed by atoms with van der Waals surface area (Å²) in [4.78, 5) is 12.4. The van der Waals surface area contributed by atoms with Crippen LogP contribution in [0.1, 0.15) is 15.9 Å². The lowest BCUT2D eigenvalue weighted by molar-refractivity contribution is 0.103. The maximum Gasteiger partial charge on any atom is 0.259 e. The summed E-state index contributed by atoms with van der Waals surface area (Å²) >= 11 is 5.67. The molecule has 3 rings (SSSR count). The molecule has 1 atom stereocenters. The molecule has 0 bridgehead atoms. The lowest BCUT2D eigenvalue weighted by Crippen LogP contribution is -2.02. The molecule has 0 aliphatic carbocycles. The minimum Gasteiger partial charge on any atom is -0.319 e. The van der Waals surface area contributed by atoms with Crippen molar-refractivity contribution >= 4 is 36.2 Å². The van der Waals surface area contributed by atoms with Crippen LogP contribution in [0.2, 0.25) is 0 Å². The molecule has 1 unspecified atom stereocenters. The molecule has 0 fully saturated rings. The van der Waals surface area contributed by atoms with Gasteiger partial charge in [-0.25, -0.2) is 0 Å². The summed E-state index contributed by atoms with van der Waals surface area (Å²) in [5.41, 5.74) is 2.62. The molecule has 2 N–H and O–H groups in total. The Bertz CT molecular complexity index is 734. The Balaban J connectivity index is 1.89. The van der Waals surface area contributed by atoms with E-state index < -0.39 is 7.44 Å². The van der Waals surface area contributed by atoms with Crippen molar-refractivity contribution in [1.82, 2.24) is 0 Å². The number of hydrogen-bond acceptors (Lipinski definition) is 2. The van der Waals surface area contributed by atoms with Crippen molar-refractivity contribution in [2.75, 3.05) is 22.2 Å². The summed E-state index contributed by atoms with van der Waals surface area (Å²) < 4.78 is 12.4. The van der Waals surface area contributed by atoms with Gasteiger partial charge in [-0.05, 0) is 18.2 Å². The average Bonchev–Trinajstić information content (AvgIpc) is 2.82. The van der Waals surface area contributed by atoms with Gasteiger partial charge >= 0.3 is 0 Å². The molecule has 0 aromatic heterocycles. The second kappa shape index (κ2) is 5.55. The van der Waals surface area contributed by atoms with E-state index in [0.29, 0.717) is 28.9 Å². The Kier molecular flexibility index (Phi) is 3.75. The van der Waals surface area contributed by atoms with Crippen molar-refractivity contribution < 1.29 is 9.36 Å². The predicted octanol–water partition coefficient (Wildman–Crippen LogP) is 4.19. The zero-order valence-electron chi connectivity index (χ0n) is 11.2. The van der Waals surface area contributed by atoms with Gasteiger partial charge in [0, 0.05) is 17.0 Å². The monoisotopic (exact) mass is 320 g/mol. The van der Waals surface area contributed by atoms with Crippen LogP contribution in [0.5, 0.6) is 0 Å². The number of benzene rings is 2. The second-order valence-electron chi connectivity index (χ2n) is 4.83. The molecule has 1 heterocycles. The fourth-order valence-electron chi connectivity index (χ4n) is 2.28. The highest BCUT2D eigenvalue weighted by Crippen LogP contribution is 2.54. The normalized spacial score (nSPS) is 19.5. The average molecular weight is 321 g/mol. The maximum absolute atomic E-state index is 12.4. The quantitative estimate of drug-likeness (QED) is 0.504. The Hall–Kier alpha value is -1.77. The number of carbonyl (C=O) groups excluding carboxylic acids is 1. The molecular weight excluding hydrogens is 307 g/mol. The van der Waals surface area contributed by atoms with Crippen molar-refractivity contribution in [3.05, 3.63) is 59.7 Å². The van der Waals surface area contributed by atoms with Crippen LogP contribution in [0, 0.1) is 0 Å². The van der Waals surface area contributed by atoms with Crippen LogP contribution in [0.3, 0.4) is 0 Å². The third-order valence-corrected chi connectivity index (χ3v) is 5.83. The van der Waals surface area contributed by atoms with Gasteiger partial charge in [-0.2, -0.15) is 0 Å². The molecule has 0 saturated carbocycles. The number of carbonyl (C=O) groups is 1. The van der Waals surface area contributed by atoms with Gasteiger partial charge in [0.2, 0.25) is 0 Å². The number of ketones is 1. The first-order chi connectivity index (χ1) is 10.1. The van der Waals surface area contributed by atoms with Crippen LogP contribution in [0.25, 0.3) is 0 Å². The van der Waals surface area contributed by atoms with E-state index in [2.05, 4.69) is 10.2 Å². The molecule has 1 aliphatic rings. The SMILES string of the molecule is O=C(c1ccccc1)c1ccc2c(c1)NP(=O)(CCCl)N2. The van der Waals surface area contributed by atoms with Crippen molar-refractivity contribution in [2.45, 2.75) is 0 Å². The number of alkyl halides is 1. The third kappa shape index (κ3) is 2.82. The molecular formula is C15H14ClN2O2P. The summed E-state index contributed by atoms with van der Waals surface area (Å²) in [5, 5.41) is 5.93. The smallest absolute Gasteiger partial charge is 0.259 e. The van der Waals surface area contributed by atoms with Gasteiger partial charge in [0.1, 0.15) is 0 Å². The molecule has 2 aromatic rings. The molecule has 0 saturated heterocycles. The molecule has 0 radical (unpaired) electrons. The molecule has 6 heteroatoms. The summed E-state index contributed by atoms with van der Waals surface area (Å²) in [6.07, 6.45) is 0.352. The number of fused-ring (bicyclic) bond motifs is 1. The van der Waals surface area contributed by atoms with E-state index in [1.807, 2.05) is 18.2 Å². The van der Waals surface area contributed by atoms with E-state index in [1.165, 1.54) is 0 Å². The second-order valence-corrected chi connectivity index (χ2v) is 7.58. The Morgan fingerprint density at radius 1 is 1.00 bits per heavy atom. The highest BCUT2D eigenvalue weighted by atomic mass is 35.5. The Morgan fingerprint density at radius 3 is 2.43 bits per heavy atom. The highest BCUT2D eigenvalue weighted by molar-refractivity contribution is 7.67. The zero-order chi connectivity index (χ0) is 14.9. The fourth-order valence-corrected chi connectivity index (χ4v) is 4.67. The number of hydrogen-bond donors (Lipinski definition) is 2. The van der Waals surface area contributed by atoms with E-state index in [-0.39, 0.29) is 5.78 Å². The van der Waals surface area contributed by atoms with Gasteiger partial charge < -0.3 is 10.2 Å². The number of anilines is 2. The first kappa shape index (κ1) is 14.2. The Morgan fingerprint density at radius 2 is 1.71 bits per heavy atom. The Labute approximate surface area is 128 Å². The first-order valence-corrected chi connectivity index (χ1v) is 8.99. The van der Waals surface area contributed by atoms with Crippen LogP contribution >= 0.6 is 19.0 Å². The zero-order valence-corrected chi connectivity index (χ0v) is 12.8. The van der Waals surface area contributed by atoms with Crippen molar-refractivity contribution in [3.8, 4) is 0 Å². The van der Waals surface area contributed by atoms with E-state index in [0.717, 1.165) is 5.69 Å². The largest absolute Gasteiger partial charge is 0.319 e. The standard InChI is InChI=1S/C15H14ClN2O2P/c16-8-9-21(20)17-13-7-6-12(10-14(13)18-21)15(19)11-4-2-1-3-5-11/h1-7,10H,8-9H2,(H2,17,18,20). The van der Waals surface area contributed by atoms with Crippen LogP contribution in [-0.4, -0.2) is 17.8 Å². The molecule has 108 valence electrons. The summed E-state index contributed by atoms with van der Waals surface area (Å²) in [6.45, 7) is 0. The van der Waals surface area contributed by atoms with Gasteiger partial charge in [0.05, 0.1) is 17.5 Å². The molecule has 0 spiro atoms. The lowest BCUT2D eigenvalue weighted by Gasteiger charge is -2.10. The van der Waals surface area contributed by atoms with E-state index in [1.54, 1.807) is 30.3 Å². The topological polar surface area (TPSA) is 58.2 Å². The van der Waals surface area contributed by atoms with Crippen molar-refractivity contribution in [3.63, 3.8) is 0 Å². The van der Waals surface area contributed by atoms with Gasteiger partial charge in [-0.1, -0.05) is 30.3 Å². The number of halogens is 1. The van der Waals surface area contributed by atoms with Crippen LogP contribution < -0.4 is 10.2 Å². The van der Waals surface area contributed by atoms with E-state index in [9.17, 15) is 9.36 Å². The van der Waals surface area contributed by atoms with E-state index in [4.69, 9.17) is 11.6 Å². The van der Waals surface area contributed by atoms with Gasteiger partial charge in [0.15, 0.2) is 5.78 Å². The highest BCUT2D eigenvalue weighted by Gasteiger charge is 2.30. The van der Waals surface area contributed by atoms with Crippen LogP contribution in [0.4, 0.5) is 11.4 Å². The first-order valence-electron chi connectivity index (χ1n) is 6.57.